The van der Waals surface area contributed by atoms with Crippen molar-refractivity contribution in [2.24, 2.45) is 7.05 Å². The van der Waals surface area contributed by atoms with Crippen molar-refractivity contribution in [3.8, 4) is 5.75 Å². The number of aromatic nitrogens is 2. The quantitative estimate of drug-likeness (QED) is 0.550. The van der Waals surface area contributed by atoms with Gasteiger partial charge in [0.2, 0.25) is 0 Å². The second-order valence-corrected chi connectivity index (χ2v) is 6.24. The van der Waals surface area contributed by atoms with E-state index in [1.54, 1.807) is 30.6 Å². The van der Waals surface area contributed by atoms with Crippen LogP contribution in [0.5, 0.6) is 5.75 Å². The lowest BCUT2D eigenvalue weighted by Gasteiger charge is -2.05. The molecule has 4 rings (SSSR count). The van der Waals surface area contributed by atoms with Gasteiger partial charge in [0.15, 0.2) is 0 Å². The molecule has 0 spiro atoms. The molecule has 1 N–H and O–H groups in total. The van der Waals surface area contributed by atoms with Gasteiger partial charge >= 0.3 is 0 Å². The predicted molar refractivity (Wildman–Crippen MR) is 89.3 cm³/mol. The molecule has 0 aliphatic rings. The number of H-pyrrole nitrogens is 1. The largest absolute Gasteiger partial charge is 0.497 e. The van der Waals surface area contributed by atoms with Gasteiger partial charge in [0.1, 0.15) is 5.75 Å². The molecule has 6 heteroatoms. The van der Waals surface area contributed by atoms with E-state index < -0.39 is 0 Å². The zero-order valence-electron chi connectivity index (χ0n) is 12.0. The predicted octanol–water partition coefficient (Wildman–Crippen LogP) is 2.60. The first-order valence-corrected chi connectivity index (χ1v) is 7.53. The highest BCUT2D eigenvalue weighted by Gasteiger charge is 2.12. The highest BCUT2D eigenvalue weighted by Crippen LogP contribution is 2.30. The van der Waals surface area contributed by atoms with Gasteiger partial charge in [-0.25, -0.2) is 0 Å². The summed E-state index contributed by atoms with van der Waals surface area (Å²) in [5.74, 6) is 0.781. The van der Waals surface area contributed by atoms with Gasteiger partial charge in [0.05, 0.1) is 38.3 Å². The van der Waals surface area contributed by atoms with E-state index in [1.165, 1.54) is 7.05 Å². The normalized spacial score (nSPS) is 11.5. The number of methoxy groups -OCH3 is 1. The van der Waals surface area contributed by atoms with E-state index in [9.17, 15) is 9.59 Å². The summed E-state index contributed by atoms with van der Waals surface area (Å²) in [6, 6.07) is 9.31. The smallest absolute Gasteiger partial charge is 0.261 e. The Morgan fingerprint density at radius 1 is 1.00 bits per heavy atom. The number of rotatable bonds is 1. The van der Waals surface area contributed by atoms with E-state index in [-0.39, 0.29) is 11.1 Å². The summed E-state index contributed by atoms with van der Waals surface area (Å²) < 4.78 is 8.34. The molecule has 0 amide bonds. The van der Waals surface area contributed by atoms with Gasteiger partial charge in [-0.2, -0.15) is 0 Å². The lowest BCUT2D eigenvalue weighted by atomic mass is 10.2. The number of aromatic amines is 1. The molecule has 22 heavy (non-hydrogen) atoms. The van der Waals surface area contributed by atoms with Crippen LogP contribution in [0.15, 0.2) is 39.9 Å². The maximum absolute atomic E-state index is 12.1. The van der Waals surface area contributed by atoms with E-state index in [0.29, 0.717) is 10.8 Å². The van der Waals surface area contributed by atoms with Crippen LogP contribution in [-0.4, -0.2) is 16.7 Å². The topological polar surface area (TPSA) is 64.1 Å². The summed E-state index contributed by atoms with van der Waals surface area (Å²) in [6.07, 6.45) is 0. The van der Waals surface area contributed by atoms with E-state index >= 15 is 0 Å². The Bertz CT molecular complexity index is 1170. The second-order valence-electron chi connectivity index (χ2n) is 5.15. The van der Waals surface area contributed by atoms with Gasteiger partial charge in [0.25, 0.3) is 11.1 Å². The van der Waals surface area contributed by atoms with E-state index in [0.717, 1.165) is 30.7 Å². The number of nitrogens with one attached hydrogen (secondary N) is 1. The number of hydrogen-bond donors (Lipinski definition) is 1. The monoisotopic (exact) mass is 312 g/mol. The summed E-state index contributed by atoms with van der Waals surface area (Å²) >= 11 is 1.56. The van der Waals surface area contributed by atoms with Crippen molar-refractivity contribution in [1.82, 2.24) is 9.55 Å². The van der Waals surface area contributed by atoms with Gasteiger partial charge in [0, 0.05) is 7.05 Å². The third-order valence-electron chi connectivity index (χ3n) is 3.87. The molecule has 0 radical (unpaired) electrons. The molecular formula is C16H12N2O3S. The van der Waals surface area contributed by atoms with Gasteiger partial charge in [-0.1, -0.05) is 0 Å². The Balaban J connectivity index is 2.16. The summed E-state index contributed by atoms with van der Waals surface area (Å²) in [6.45, 7) is 0. The van der Waals surface area contributed by atoms with Crippen molar-refractivity contribution in [2.75, 3.05) is 7.11 Å². The number of ether oxygens (including phenoxy) is 1. The van der Waals surface area contributed by atoms with Crippen molar-refractivity contribution in [3.63, 3.8) is 0 Å². The fourth-order valence-electron chi connectivity index (χ4n) is 2.65. The van der Waals surface area contributed by atoms with Crippen LogP contribution in [0.2, 0.25) is 0 Å². The van der Waals surface area contributed by atoms with Gasteiger partial charge in [-0.05, 0) is 30.3 Å². The molecule has 0 unspecified atom stereocenters. The number of hydrogen-bond acceptors (Lipinski definition) is 4. The van der Waals surface area contributed by atoms with E-state index in [4.69, 9.17) is 4.74 Å². The Labute approximate surface area is 128 Å². The first-order valence-electron chi connectivity index (χ1n) is 6.72. The fraction of sp³-hybridized carbons (Fsp3) is 0.125. The lowest BCUT2D eigenvalue weighted by Crippen LogP contribution is -2.20. The third kappa shape index (κ3) is 1.70. The van der Waals surface area contributed by atoms with Crippen LogP contribution in [0, 0.1) is 0 Å². The second kappa shape index (κ2) is 4.45. The molecule has 2 aromatic heterocycles. The molecule has 110 valence electrons. The molecule has 0 atom stereocenters. The van der Waals surface area contributed by atoms with Crippen LogP contribution in [0.3, 0.4) is 0 Å². The van der Waals surface area contributed by atoms with Crippen molar-refractivity contribution >= 4 is 42.5 Å². The molecule has 0 saturated carbocycles. The minimum atomic E-state index is -0.255. The van der Waals surface area contributed by atoms with E-state index in [1.807, 2.05) is 18.2 Å². The van der Waals surface area contributed by atoms with Gasteiger partial charge in [-0.15, -0.1) is 11.3 Å². The number of nitrogens with zero attached hydrogens (tertiary/aromatic N) is 1. The first kappa shape index (κ1) is 13.1. The van der Waals surface area contributed by atoms with Crippen LogP contribution in [0.4, 0.5) is 0 Å². The van der Waals surface area contributed by atoms with Crippen LogP contribution in [-0.2, 0) is 7.05 Å². The molecule has 2 aromatic carbocycles. The van der Waals surface area contributed by atoms with Crippen molar-refractivity contribution in [1.29, 1.82) is 0 Å². The van der Waals surface area contributed by atoms with Gasteiger partial charge < -0.3 is 9.72 Å². The molecule has 0 aliphatic heterocycles. The third-order valence-corrected chi connectivity index (χ3v) is 4.98. The maximum atomic E-state index is 12.1. The SMILES string of the molecule is COc1ccc2[nH]c3cc4c(=O)n(C)c(=O)c4cc3sc2c1. The number of fused-ring (bicyclic) bond motifs is 3. The van der Waals surface area contributed by atoms with Crippen molar-refractivity contribution in [3.05, 3.63) is 51.0 Å². The van der Waals surface area contributed by atoms with Crippen molar-refractivity contribution in [2.45, 2.75) is 0 Å². The maximum Gasteiger partial charge on any atom is 0.261 e. The molecule has 0 fully saturated rings. The Morgan fingerprint density at radius 3 is 2.41 bits per heavy atom. The van der Waals surface area contributed by atoms with Crippen LogP contribution >= 0.6 is 11.3 Å². The summed E-state index contributed by atoms with van der Waals surface area (Å²) in [4.78, 5) is 27.5. The molecule has 2 heterocycles. The Morgan fingerprint density at radius 2 is 1.68 bits per heavy atom. The highest BCUT2D eigenvalue weighted by atomic mass is 32.1. The summed E-state index contributed by atoms with van der Waals surface area (Å²) in [5.41, 5.74) is 1.30. The average Bonchev–Trinajstić information content (AvgIpc) is 2.75. The zero-order valence-corrected chi connectivity index (χ0v) is 12.8. The lowest BCUT2D eigenvalue weighted by molar-refractivity contribution is 0.415. The molecule has 4 aromatic rings. The molecule has 0 aliphatic carbocycles. The standard InChI is InChI=1S/C16H12N2O3S/c1-18-15(19)9-6-12-14(7-10(9)16(18)20)22-13-5-8(21-2)3-4-11(13)17-12/h3-7,17H,1-2H3. The fourth-order valence-corrected chi connectivity index (χ4v) is 3.69. The zero-order chi connectivity index (χ0) is 15.4. The summed E-state index contributed by atoms with van der Waals surface area (Å²) in [5, 5.41) is 0.920. The molecule has 5 nitrogen and oxygen atoms in total. The van der Waals surface area contributed by atoms with E-state index in [2.05, 4.69) is 4.98 Å². The van der Waals surface area contributed by atoms with Gasteiger partial charge in [-0.3, -0.25) is 14.2 Å². The van der Waals surface area contributed by atoms with Crippen LogP contribution in [0.1, 0.15) is 0 Å². The Kier molecular flexibility index (Phi) is 2.65. The minimum absolute atomic E-state index is 0.250. The molecular weight excluding hydrogens is 300 g/mol. The minimum Gasteiger partial charge on any atom is -0.497 e. The molecule has 0 saturated heterocycles. The van der Waals surface area contributed by atoms with Crippen LogP contribution < -0.4 is 15.9 Å². The Hall–Kier alpha value is -2.60. The summed E-state index contributed by atoms with van der Waals surface area (Å²) in [7, 11) is 3.13. The molecule has 0 bridgehead atoms. The average molecular weight is 312 g/mol. The van der Waals surface area contributed by atoms with Crippen molar-refractivity contribution < 1.29 is 4.74 Å². The number of benzene rings is 2. The highest BCUT2D eigenvalue weighted by molar-refractivity contribution is 7.24. The van der Waals surface area contributed by atoms with Crippen LogP contribution in [0.25, 0.3) is 31.2 Å². The first-order chi connectivity index (χ1) is 10.6.